The zero-order chi connectivity index (χ0) is 13.1. The van der Waals surface area contributed by atoms with Gasteiger partial charge >= 0.3 is 5.97 Å². The number of rotatable bonds is 2. The summed E-state index contributed by atoms with van der Waals surface area (Å²) in [6.07, 6.45) is 8.79. The van der Waals surface area contributed by atoms with Crippen LogP contribution < -0.4 is 0 Å². The Bertz CT molecular complexity index is 409. The minimum absolute atomic E-state index is 0.100. The molecule has 0 radical (unpaired) electrons. The van der Waals surface area contributed by atoms with Gasteiger partial charge in [0, 0.05) is 5.57 Å². The summed E-state index contributed by atoms with van der Waals surface area (Å²) < 4.78 is 0. The molecule has 0 aromatic rings. The third kappa shape index (κ3) is 1.50. The summed E-state index contributed by atoms with van der Waals surface area (Å²) in [5.74, 6) is 1.79. The molecular formula is C16H24O2. The normalized spacial score (nSPS) is 50.6. The smallest absolute Gasteiger partial charge is 0.330 e. The lowest BCUT2D eigenvalue weighted by Crippen LogP contribution is -2.56. The highest BCUT2D eigenvalue weighted by Gasteiger charge is 2.60. The van der Waals surface area contributed by atoms with Crippen LogP contribution in [-0.2, 0) is 4.79 Å². The summed E-state index contributed by atoms with van der Waals surface area (Å²) in [5.41, 5.74) is 0.965. The van der Waals surface area contributed by atoms with Crippen LogP contribution >= 0.6 is 0 Å². The number of aliphatic carboxylic acids is 1. The van der Waals surface area contributed by atoms with Gasteiger partial charge in [-0.15, -0.1) is 0 Å². The van der Waals surface area contributed by atoms with Crippen molar-refractivity contribution in [1.29, 1.82) is 0 Å². The van der Waals surface area contributed by atoms with Crippen molar-refractivity contribution in [3.63, 3.8) is 0 Å². The van der Waals surface area contributed by atoms with Crippen molar-refractivity contribution >= 4 is 5.97 Å². The van der Waals surface area contributed by atoms with Crippen LogP contribution in [0.5, 0.6) is 0 Å². The quantitative estimate of drug-likeness (QED) is 0.753. The van der Waals surface area contributed by atoms with Crippen molar-refractivity contribution in [2.45, 2.75) is 52.9 Å². The molecule has 0 aliphatic heterocycles. The number of carboxylic acids is 1. The summed E-state index contributed by atoms with van der Waals surface area (Å²) in [5, 5.41) is 9.17. The molecule has 3 atom stereocenters. The maximum atomic E-state index is 11.1. The largest absolute Gasteiger partial charge is 0.478 e. The standard InChI is InChI=1S/C16H24O2/c1-10(14(17)18)7-16(3)13-5-11-4-12(6-13)9-15(16,2)8-11/h7,11-13H,4-6,8-9H2,1-3H3,(H,17,18). The number of carboxylic acid groups (broad SMARTS) is 1. The summed E-state index contributed by atoms with van der Waals surface area (Å²) in [7, 11) is 0. The first-order valence-corrected chi connectivity index (χ1v) is 7.27. The maximum Gasteiger partial charge on any atom is 0.330 e. The lowest BCUT2D eigenvalue weighted by Gasteiger charge is -2.65. The topological polar surface area (TPSA) is 37.3 Å². The highest BCUT2D eigenvalue weighted by Crippen LogP contribution is 2.68. The molecule has 2 nitrogen and oxygen atoms in total. The molecule has 0 spiro atoms. The van der Waals surface area contributed by atoms with Crippen molar-refractivity contribution in [3.05, 3.63) is 11.6 Å². The molecule has 0 aromatic heterocycles. The number of carbonyl (C=O) groups is 1. The van der Waals surface area contributed by atoms with Gasteiger partial charge in [-0.05, 0) is 67.6 Å². The van der Waals surface area contributed by atoms with Gasteiger partial charge in [0.25, 0.3) is 0 Å². The molecule has 18 heavy (non-hydrogen) atoms. The second-order valence-corrected chi connectivity index (χ2v) is 7.52. The molecule has 4 rings (SSSR count). The average molecular weight is 248 g/mol. The maximum absolute atomic E-state index is 11.1. The van der Waals surface area contributed by atoms with Gasteiger partial charge in [-0.2, -0.15) is 0 Å². The van der Waals surface area contributed by atoms with Crippen LogP contribution in [0.3, 0.4) is 0 Å². The number of hydrogen-bond donors (Lipinski definition) is 1. The zero-order valence-corrected chi connectivity index (χ0v) is 11.7. The average Bonchev–Trinajstić information content (AvgIpc) is 2.24. The van der Waals surface area contributed by atoms with Crippen molar-refractivity contribution in [2.75, 3.05) is 0 Å². The van der Waals surface area contributed by atoms with Gasteiger partial charge in [0.1, 0.15) is 0 Å². The molecule has 0 heterocycles. The Morgan fingerprint density at radius 2 is 1.72 bits per heavy atom. The molecular weight excluding hydrogens is 224 g/mol. The Labute approximate surface area is 109 Å². The minimum Gasteiger partial charge on any atom is -0.478 e. The molecule has 1 N–H and O–H groups in total. The number of hydrogen-bond acceptors (Lipinski definition) is 1. The van der Waals surface area contributed by atoms with E-state index in [4.69, 9.17) is 5.11 Å². The van der Waals surface area contributed by atoms with Crippen LogP contribution in [0.2, 0.25) is 0 Å². The van der Waals surface area contributed by atoms with Gasteiger partial charge < -0.3 is 5.11 Å². The first-order chi connectivity index (χ1) is 8.34. The van der Waals surface area contributed by atoms with Crippen molar-refractivity contribution < 1.29 is 9.90 Å². The van der Waals surface area contributed by atoms with Gasteiger partial charge in [-0.25, -0.2) is 4.79 Å². The van der Waals surface area contributed by atoms with Gasteiger partial charge in [0.05, 0.1) is 0 Å². The Hall–Kier alpha value is -0.790. The van der Waals surface area contributed by atoms with Gasteiger partial charge in [-0.1, -0.05) is 19.9 Å². The van der Waals surface area contributed by atoms with E-state index >= 15 is 0 Å². The second kappa shape index (κ2) is 3.61. The molecule has 4 bridgehead atoms. The molecule has 100 valence electrons. The van der Waals surface area contributed by atoms with E-state index in [0.717, 1.165) is 11.8 Å². The molecule has 2 heteroatoms. The van der Waals surface area contributed by atoms with E-state index in [1.165, 1.54) is 32.1 Å². The summed E-state index contributed by atoms with van der Waals surface area (Å²) >= 11 is 0. The van der Waals surface area contributed by atoms with E-state index in [-0.39, 0.29) is 5.41 Å². The Balaban J connectivity index is 2.01. The third-order valence-electron chi connectivity index (χ3n) is 6.38. The van der Waals surface area contributed by atoms with Gasteiger partial charge in [-0.3, -0.25) is 0 Å². The molecule has 4 fully saturated rings. The summed E-state index contributed by atoms with van der Waals surface area (Å²) in [4.78, 5) is 11.1. The van der Waals surface area contributed by atoms with E-state index in [2.05, 4.69) is 19.9 Å². The highest BCUT2D eigenvalue weighted by molar-refractivity contribution is 5.86. The SMILES string of the molecule is CC(=CC1(C)C2CC3CC(C2)CC1(C)C3)C(=O)O. The fraction of sp³-hybridized carbons (Fsp3) is 0.812. The fourth-order valence-corrected chi connectivity index (χ4v) is 5.48. The first-order valence-electron chi connectivity index (χ1n) is 7.27. The lowest BCUT2D eigenvalue weighted by atomic mass is 9.39. The van der Waals surface area contributed by atoms with Crippen LogP contribution in [0.25, 0.3) is 0 Å². The Kier molecular flexibility index (Phi) is 2.46. The molecule has 0 saturated heterocycles. The monoisotopic (exact) mass is 248 g/mol. The summed E-state index contributed by atoms with van der Waals surface area (Å²) in [6, 6.07) is 0. The van der Waals surface area contributed by atoms with Crippen LogP contribution in [0.1, 0.15) is 52.9 Å². The molecule has 4 aliphatic carbocycles. The first kappa shape index (κ1) is 12.3. The highest BCUT2D eigenvalue weighted by atomic mass is 16.4. The molecule has 0 aromatic carbocycles. The van der Waals surface area contributed by atoms with Crippen molar-refractivity contribution in [2.24, 2.45) is 28.6 Å². The van der Waals surface area contributed by atoms with E-state index in [1.807, 2.05) is 0 Å². The van der Waals surface area contributed by atoms with Gasteiger partial charge in [0.15, 0.2) is 0 Å². The van der Waals surface area contributed by atoms with E-state index in [1.54, 1.807) is 6.92 Å². The predicted molar refractivity (Wildman–Crippen MR) is 71.2 cm³/mol. The van der Waals surface area contributed by atoms with Crippen molar-refractivity contribution in [1.82, 2.24) is 0 Å². The third-order valence-corrected chi connectivity index (χ3v) is 6.38. The van der Waals surface area contributed by atoms with Gasteiger partial charge in [0.2, 0.25) is 0 Å². The summed E-state index contributed by atoms with van der Waals surface area (Å²) in [6.45, 7) is 6.48. The zero-order valence-electron chi connectivity index (χ0n) is 11.7. The minimum atomic E-state index is -0.756. The van der Waals surface area contributed by atoms with E-state index < -0.39 is 5.97 Å². The Morgan fingerprint density at radius 3 is 2.17 bits per heavy atom. The number of allylic oxidation sites excluding steroid dienone is 1. The van der Waals surface area contributed by atoms with Crippen molar-refractivity contribution in [3.8, 4) is 0 Å². The lowest BCUT2D eigenvalue weighted by molar-refractivity contribution is -0.137. The van der Waals surface area contributed by atoms with E-state index in [0.29, 0.717) is 16.9 Å². The molecule has 4 aliphatic rings. The second-order valence-electron chi connectivity index (χ2n) is 7.52. The molecule has 4 saturated carbocycles. The van der Waals surface area contributed by atoms with Crippen LogP contribution in [0.15, 0.2) is 11.6 Å². The fourth-order valence-electron chi connectivity index (χ4n) is 5.48. The Morgan fingerprint density at radius 1 is 1.17 bits per heavy atom. The van der Waals surface area contributed by atoms with Crippen LogP contribution in [0.4, 0.5) is 0 Å². The predicted octanol–water partition coefficient (Wildman–Crippen LogP) is 3.87. The van der Waals surface area contributed by atoms with Crippen LogP contribution in [-0.4, -0.2) is 11.1 Å². The molecule has 0 amide bonds. The van der Waals surface area contributed by atoms with E-state index in [9.17, 15) is 4.79 Å². The molecule has 3 unspecified atom stereocenters. The van der Waals surface area contributed by atoms with Crippen LogP contribution in [0, 0.1) is 28.6 Å².